The van der Waals surface area contributed by atoms with Gasteiger partial charge in [-0.25, -0.2) is 9.78 Å². The van der Waals surface area contributed by atoms with Crippen LogP contribution in [0.1, 0.15) is 29.2 Å². The van der Waals surface area contributed by atoms with E-state index in [0.717, 1.165) is 16.9 Å². The smallest absolute Gasteiger partial charge is 0.350 e. The molecule has 1 N–H and O–H groups in total. The van der Waals surface area contributed by atoms with Gasteiger partial charge in [0.1, 0.15) is 4.88 Å². The molecule has 8 nitrogen and oxygen atoms in total. The number of rotatable bonds is 8. The van der Waals surface area contributed by atoms with Gasteiger partial charge in [0.25, 0.3) is 0 Å². The number of halogens is 1. The van der Waals surface area contributed by atoms with Gasteiger partial charge in [-0.15, -0.1) is 10.2 Å². The maximum Gasteiger partial charge on any atom is 0.350 e. The van der Waals surface area contributed by atoms with Gasteiger partial charge in [-0.05, 0) is 32.9 Å². The van der Waals surface area contributed by atoms with Crippen LogP contribution in [-0.2, 0) is 16.1 Å². The zero-order valence-electron chi connectivity index (χ0n) is 16.6. The Hall–Kier alpha value is -2.43. The van der Waals surface area contributed by atoms with Crippen molar-refractivity contribution in [2.75, 3.05) is 17.7 Å². The minimum atomic E-state index is -0.439. The summed E-state index contributed by atoms with van der Waals surface area (Å²) in [4.78, 5) is 28.9. The number of aryl methyl sites for hydroxylation is 1. The molecule has 0 bridgehead atoms. The maximum absolute atomic E-state index is 12.4. The Morgan fingerprint density at radius 3 is 2.73 bits per heavy atom. The zero-order chi connectivity index (χ0) is 21.7. The van der Waals surface area contributed by atoms with E-state index in [1.54, 1.807) is 19.9 Å². The zero-order valence-corrected chi connectivity index (χ0v) is 19.0. The molecule has 3 aromatic rings. The number of aromatic nitrogens is 4. The topological polar surface area (TPSA) is 99.0 Å². The van der Waals surface area contributed by atoms with Gasteiger partial charge < -0.3 is 14.6 Å². The average molecular weight is 466 g/mol. The van der Waals surface area contributed by atoms with E-state index in [0.29, 0.717) is 38.3 Å². The van der Waals surface area contributed by atoms with Crippen LogP contribution in [0.2, 0.25) is 5.02 Å². The van der Waals surface area contributed by atoms with Crippen molar-refractivity contribution >= 4 is 51.7 Å². The first kappa shape index (κ1) is 22.3. The number of carbonyl (C=O) groups excluding carboxylic acids is 2. The van der Waals surface area contributed by atoms with Crippen molar-refractivity contribution < 1.29 is 14.3 Å². The van der Waals surface area contributed by atoms with Crippen LogP contribution < -0.4 is 5.32 Å². The molecule has 2 aromatic heterocycles. The molecule has 1 amide bonds. The summed E-state index contributed by atoms with van der Waals surface area (Å²) in [6.45, 7) is 6.32. The molecule has 1 aromatic carbocycles. The summed E-state index contributed by atoms with van der Waals surface area (Å²) in [5, 5.41) is 12.7. The van der Waals surface area contributed by atoms with E-state index in [1.165, 1.54) is 11.8 Å². The van der Waals surface area contributed by atoms with Gasteiger partial charge in [0.2, 0.25) is 5.91 Å². The molecular weight excluding hydrogens is 446 g/mol. The lowest BCUT2D eigenvalue weighted by atomic mass is 10.2. The first-order valence-corrected chi connectivity index (χ1v) is 11.4. The molecule has 0 aliphatic heterocycles. The number of amides is 1. The van der Waals surface area contributed by atoms with Crippen LogP contribution in [0.5, 0.6) is 0 Å². The summed E-state index contributed by atoms with van der Waals surface area (Å²) >= 11 is 8.64. The van der Waals surface area contributed by atoms with E-state index in [9.17, 15) is 9.59 Å². The van der Waals surface area contributed by atoms with Crippen molar-refractivity contribution in [2.45, 2.75) is 32.5 Å². The second kappa shape index (κ2) is 10.1. The molecule has 0 radical (unpaired) electrons. The molecule has 30 heavy (non-hydrogen) atoms. The molecule has 0 saturated heterocycles. The number of carbonyl (C=O) groups is 2. The van der Waals surface area contributed by atoms with E-state index in [2.05, 4.69) is 20.5 Å². The fourth-order valence-corrected chi connectivity index (χ4v) is 4.54. The van der Waals surface area contributed by atoms with E-state index in [4.69, 9.17) is 16.3 Å². The number of nitrogens with zero attached hydrogens (tertiary/aromatic N) is 4. The SMILES string of the molecule is CCOC(=O)c1sc(NC(=O)CSc2nnc(-c3ccccc3Cl)n2CC)nc1C. The second-order valence-electron chi connectivity index (χ2n) is 6.02. The maximum atomic E-state index is 12.4. The number of ether oxygens (including phenoxy) is 1. The van der Waals surface area contributed by atoms with E-state index < -0.39 is 5.97 Å². The molecule has 0 aliphatic carbocycles. The predicted molar refractivity (Wildman–Crippen MR) is 118 cm³/mol. The van der Waals surface area contributed by atoms with Gasteiger partial charge in [-0.2, -0.15) is 0 Å². The summed E-state index contributed by atoms with van der Waals surface area (Å²) in [7, 11) is 0. The number of hydrogen-bond acceptors (Lipinski definition) is 8. The predicted octanol–water partition coefficient (Wildman–Crippen LogP) is 4.29. The number of esters is 1. The summed E-state index contributed by atoms with van der Waals surface area (Å²) in [5.74, 6) is 0.0776. The van der Waals surface area contributed by atoms with Crippen molar-refractivity contribution in [3.8, 4) is 11.4 Å². The summed E-state index contributed by atoms with van der Waals surface area (Å²) in [6, 6.07) is 7.42. The van der Waals surface area contributed by atoms with Crippen LogP contribution in [0, 0.1) is 6.92 Å². The molecule has 0 spiro atoms. The third-order valence-corrected chi connectivity index (χ3v) is 6.33. The lowest BCUT2D eigenvalue weighted by Gasteiger charge is -2.08. The highest BCUT2D eigenvalue weighted by molar-refractivity contribution is 7.99. The monoisotopic (exact) mass is 465 g/mol. The van der Waals surface area contributed by atoms with Crippen molar-refractivity contribution in [1.82, 2.24) is 19.7 Å². The second-order valence-corrected chi connectivity index (χ2v) is 8.37. The van der Waals surface area contributed by atoms with Gasteiger partial charge in [0.05, 0.1) is 23.1 Å². The lowest BCUT2D eigenvalue weighted by molar-refractivity contribution is -0.113. The number of thiazole rings is 1. The van der Waals surface area contributed by atoms with Gasteiger partial charge >= 0.3 is 5.97 Å². The van der Waals surface area contributed by atoms with Crippen molar-refractivity contribution in [3.63, 3.8) is 0 Å². The van der Waals surface area contributed by atoms with E-state index in [-0.39, 0.29) is 18.3 Å². The number of thioether (sulfide) groups is 1. The highest BCUT2D eigenvalue weighted by atomic mass is 35.5. The minimum absolute atomic E-state index is 0.119. The van der Waals surface area contributed by atoms with Crippen molar-refractivity contribution in [1.29, 1.82) is 0 Å². The van der Waals surface area contributed by atoms with E-state index >= 15 is 0 Å². The normalized spacial score (nSPS) is 10.8. The third kappa shape index (κ3) is 5.00. The van der Waals surface area contributed by atoms with Gasteiger partial charge in [-0.3, -0.25) is 4.79 Å². The highest BCUT2D eigenvalue weighted by Crippen LogP contribution is 2.29. The van der Waals surface area contributed by atoms with E-state index in [1.807, 2.05) is 29.7 Å². The van der Waals surface area contributed by atoms with Crippen LogP contribution in [0.15, 0.2) is 29.4 Å². The summed E-state index contributed by atoms with van der Waals surface area (Å²) in [5.41, 5.74) is 1.31. The molecule has 0 aliphatic rings. The molecule has 2 heterocycles. The fourth-order valence-electron chi connectivity index (χ4n) is 2.64. The molecule has 0 fully saturated rings. The molecule has 3 rings (SSSR count). The summed E-state index contributed by atoms with van der Waals surface area (Å²) < 4.78 is 6.90. The molecule has 11 heteroatoms. The first-order valence-electron chi connectivity index (χ1n) is 9.19. The Kier molecular flexibility index (Phi) is 7.46. The number of nitrogens with one attached hydrogen (secondary N) is 1. The largest absolute Gasteiger partial charge is 0.462 e. The molecular formula is C19H20ClN5O3S2. The molecule has 158 valence electrons. The van der Waals surface area contributed by atoms with Crippen LogP contribution in [0.3, 0.4) is 0 Å². The van der Waals surface area contributed by atoms with Crippen LogP contribution in [0.4, 0.5) is 5.13 Å². The number of hydrogen-bond donors (Lipinski definition) is 1. The number of benzene rings is 1. The third-order valence-electron chi connectivity index (χ3n) is 3.98. The standard InChI is InChI=1S/C19H20ClN5O3S2/c1-4-25-16(12-8-6-7-9-13(12)20)23-24-19(25)29-10-14(26)22-18-21-11(3)15(30-18)17(27)28-5-2/h6-9H,4-5,10H2,1-3H3,(H,21,22,26). The highest BCUT2D eigenvalue weighted by Gasteiger charge is 2.19. The van der Waals surface area contributed by atoms with Crippen LogP contribution >= 0.6 is 34.7 Å². The fraction of sp³-hybridized carbons (Fsp3) is 0.316. The Morgan fingerprint density at radius 1 is 1.27 bits per heavy atom. The van der Waals surface area contributed by atoms with Gasteiger partial charge in [-0.1, -0.05) is 46.8 Å². The van der Waals surface area contributed by atoms with Crippen LogP contribution in [0.25, 0.3) is 11.4 Å². The molecule has 0 unspecified atom stereocenters. The number of anilines is 1. The van der Waals surface area contributed by atoms with Gasteiger partial charge in [0, 0.05) is 12.1 Å². The minimum Gasteiger partial charge on any atom is -0.462 e. The lowest BCUT2D eigenvalue weighted by Crippen LogP contribution is -2.14. The van der Waals surface area contributed by atoms with Crippen molar-refractivity contribution in [3.05, 3.63) is 39.9 Å². The van der Waals surface area contributed by atoms with Crippen LogP contribution in [-0.4, -0.2) is 44.0 Å². The van der Waals surface area contributed by atoms with Crippen molar-refractivity contribution in [2.24, 2.45) is 0 Å². The van der Waals surface area contributed by atoms with Gasteiger partial charge in [0.15, 0.2) is 16.1 Å². The Labute approximate surface area is 187 Å². The molecule has 0 saturated carbocycles. The summed E-state index contributed by atoms with van der Waals surface area (Å²) in [6.07, 6.45) is 0. The average Bonchev–Trinajstić information content (AvgIpc) is 3.29. The first-order chi connectivity index (χ1) is 14.4. The Morgan fingerprint density at radius 2 is 2.03 bits per heavy atom. The quantitative estimate of drug-likeness (QED) is 0.391. The molecule has 0 atom stereocenters. The Bertz CT molecular complexity index is 1070. The Balaban J connectivity index is 1.66.